The minimum absolute atomic E-state index is 0.147. The highest BCUT2D eigenvalue weighted by molar-refractivity contribution is 7.91. The maximum atomic E-state index is 12.6. The van der Waals surface area contributed by atoms with Gasteiger partial charge in [-0.2, -0.15) is 4.31 Å². The fraction of sp³-hybridized carbons (Fsp3) is 0.438. The topological polar surface area (TPSA) is 92.3 Å². The molecule has 0 unspecified atom stereocenters. The minimum atomic E-state index is -3.77. The Morgan fingerprint density at radius 1 is 1.20 bits per heavy atom. The number of nitrogens with zero attached hydrogens (tertiary/aromatic N) is 3. The third-order valence-electron chi connectivity index (χ3n) is 3.46. The van der Waals surface area contributed by atoms with Crippen LogP contribution in [-0.2, 0) is 21.4 Å². The van der Waals surface area contributed by atoms with Crippen LogP contribution in [0.2, 0.25) is 0 Å². The highest BCUT2D eigenvalue weighted by Gasteiger charge is 2.28. The number of amides is 1. The molecular formula is C16H22N4O3S2. The molecule has 1 aromatic heterocycles. The van der Waals surface area contributed by atoms with Crippen LogP contribution in [0.4, 0.5) is 5.13 Å². The first kappa shape index (κ1) is 19.5. The van der Waals surface area contributed by atoms with Gasteiger partial charge < -0.3 is 5.32 Å². The summed E-state index contributed by atoms with van der Waals surface area (Å²) in [7, 11) is -2.28. The van der Waals surface area contributed by atoms with E-state index in [4.69, 9.17) is 0 Å². The van der Waals surface area contributed by atoms with Crippen LogP contribution in [0.5, 0.6) is 0 Å². The number of carbonyl (C=O) groups is 1. The lowest BCUT2D eigenvalue weighted by molar-refractivity contribution is -0.123. The maximum Gasteiger partial charge on any atom is 0.272 e. The van der Waals surface area contributed by atoms with Crippen molar-refractivity contribution in [2.45, 2.75) is 38.6 Å². The minimum Gasteiger partial charge on any atom is -0.300 e. The zero-order valence-corrected chi connectivity index (χ0v) is 16.5. The van der Waals surface area contributed by atoms with Crippen molar-refractivity contribution in [2.24, 2.45) is 5.41 Å². The summed E-state index contributed by atoms with van der Waals surface area (Å²) in [6.07, 6.45) is 0. The molecule has 0 saturated heterocycles. The van der Waals surface area contributed by atoms with Gasteiger partial charge in [0.05, 0.1) is 0 Å². The molecule has 0 aliphatic heterocycles. The molecule has 1 aromatic carbocycles. The van der Waals surface area contributed by atoms with Gasteiger partial charge in [-0.05, 0) is 12.5 Å². The maximum absolute atomic E-state index is 12.6. The van der Waals surface area contributed by atoms with E-state index in [1.165, 1.54) is 11.4 Å². The van der Waals surface area contributed by atoms with Crippen LogP contribution in [0.1, 0.15) is 31.9 Å². The molecule has 25 heavy (non-hydrogen) atoms. The molecule has 0 spiro atoms. The molecule has 0 aliphatic rings. The Bertz CT molecular complexity index is 852. The normalized spacial score (nSPS) is 12.4. The summed E-state index contributed by atoms with van der Waals surface area (Å²) in [5.74, 6) is -0.249. The number of aryl methyl sites for hydroxylation is 1. The van der Waals surface area contributed by atoms with Crippen LogP contribution in [-0.4, -0.2) is 35.9 Å². The van der Waals surface area contributed by atoms with Gasteiger partial charge in [-0.1, -0.05) is 61.9 Å². The van der Waals surface area contributed by atoms with Gasteiger partial charge in [-0.15, -0.1) is 10.2 Å². The Morgan fingerprint density at radius 3 is 2.36 bits per heavy atom. The lowest BCUT2D eigenvalue weighted by Crippen LogP contribution is -2.27. The Kier molecular flexibility index (Phi) is 5.60. The molecular weight excluding hydrogens is 360 g/mol. The van der Waals surface area contributed by atoms with E-state index in [1.807, 2.05) is 31.2 Å². The number of nitrogens with one attached hydrogen (secondary N) is 1. The molecule has 0 atom stereocenters. The van der Waals surface area contributed by atoms with Crippen LogP contribution >= 0.6 is 11.3 Å². The van der Waals surface area contributed by atoms with Gasteiger partial charge in [0.2, 0.25) is 15.4 Å². The molecule has 0 radical (unpaired) electrons. The summed E-state index contributed by atoms with van der Waals surface area (Å²) in [6, 6.07) is 7.63. The van der Waals surface area contributed by atoms with Crippen molar-refractivity contribution in [3.8, 4) is 0 Å². The molecule has 1 heterocycles. The molecule has 1 N–H and O–H groups in total. The molecule has 0 bridgehead atoms. The zero-order chi connectivity index (χ0) is 18.8. The summed E-state index contributed by atoms with van der Waals surface area (Å²) < 4.78 is 26.3. The van der Waals surface area contributed by atoms with E-state index in [1.54, 1.807) is 20.8 Å². The van der Waals surface area contributed by atoms with Crippen molar-refractivity contribution in [1.29, 1.82) is 0 Å². The second-order valence-corrected chi connectivity index (χ2v) is 10.0. The number of rotatable bonds is 5. The number of hydrogen-bond acceptors (Lipinski definition) is 6. The van der Waals surface area contributed by atoms with Gasteiger partial charge in [0.25, 0.3) is 10.0 Å². The number of anilines is 1. The lowest BCUT2D eigenvalue weighted by atomic mass is 9.96. The Labute approximate surface area is 152 Å². The molecule has 2 aromatic rings. The molecule has 9 heteroatoms. The average Bonchev–Trinajstić information content (AvgIpc) is 2.97. The molecule has 0 fully saturated rings. The number of aromatic nitrogens is 2. The van der Waals surface area contributed by atoms with Gasteiger partial charge >= 0.3 is 0 Å². The molecule has 2 rings (SSSR count). The van der Waals surface area contributed by atoms with E-state index in [-0.39, 0.29) is 21.9 Å². The van der Waals surface area contributed by atoms with E-state index < -0.39 is 15.4 Å². The fourth-order valence-corrected chi connectivity index (χ4v) is 4.06. The third kappa shape index (κ3) is 4.83. The smallest absolute Gasteiger partial charge is 0.272 e. The van der Waals surface area contributed by atoms with Crippen LogP contribution in [0.25, 0.3) is 0 Å². The highest BCUT2D eigenvalue weighted by Crippen LogP contribution is 2.25. The molecule has 0 saturated carbocycles. The quantitative estimate of drug-likeness (QED) is 0.803. The van der Waals surface area contributed by atoms with Gasteiger partial charge in [-0.3, -0.25) is 4.79 Å². The Hall–Kier alpha value is -1.84. The van der Waals surface area contributed by atoms with E-state index in [0.717, 1.165) is 22.5 Å². The Morgan fingerprint density at radius 2 is 1.80 bits per heavy atom. The second-order valence-electron chi connectivity index (χ2n) is 6.82. The first-order valence-electron chi connectivity index (χ1n) is 7.67. The van der Waals surface area contributed by atoms with E-state index in [0.29, 0.717) is 0 Å². The Balaban J connectivity index is 2.14. The van der Waals surface area contributed by atoms with Crippen LogP contribution < -0.4 is 5.32 Å². The molecule has 7 nitrogen and oxygen atoms in total. The van der Waals surface area contributed by atoms with E-state index in [2.05, 4.69) is 15.5 Å². The fourth-order valence-electron chi connectivity index (χ4n) is 1.82. The number of benzene rings is 1. The van der Waals surface area contributed by atoms with Crippen LogP contribution in [0.15, 0.2) is 28.6 Å². The first-order valence-corrected chi connectivity index (χ1v) is 9.92. The summed E-state index contributed by atoms with van der Waals surface area (Å²) in [4.78, 5) is 12.0. The largest absolute Gasteiger partial charge is 0.300 e. The highest BCUT2D eigenvalue weighted by atomic mass is 32.2. The van der Waals surface area contributed by atoms with Gasteiger partial charge in [0.15, 0.2) is 0 Å². The first-order chi connectivity index (χ1) is 11.5. The van der Waals surface area contributed by atoms with E-state index in [9.17, 15) is 13.2 Å². The SMILES string of the molecule is Cc1ccc(CN(C)S(=O)(=O)c2nnc(NC(=O)C(C)(C)C)s2)cc1. The van der Waals surface area contributed by atoms with Crippen molar-refractivity contribution in [3.63, 3.8) is 0 Å². The van der Waals surface area contributed by atoms with Crippen molar-refractivity contribution in [1.82, 2.24) is 14.5 Å². The third-order valence-corrected chi connectivity index (χ3v) is 6.45. The van der Waals surface area contributed by atoms with Crippen LogP contribution in [0, 0.1) is 12.3 Å². The average molecular weight is 383 g/mol. The van der Waals surface area contributed by atoms with Gasteiger partial charge in [-0.25, -0.2) is 8.42 Å². The molecule has 0 aliphatic carbocycles. The summed E-state index contributed by atoms with van der Waals surface area (Å²) >= 11 is 0.842. The van der Waals surface area contributed by atoms with Crippen molar-refractivity contribution in [2.75, 3.05) is 12.4 Å². The second kappa shape index (κ2) is 7.19. The lowest BCUT2D eigenvalue weighted by Gasteiger charge is -2.16. The van der Waals surface area contributed by atoms with Crippen LogP contribution in [0.3, 0.4) is 0 Å². The predicted octanol–water partition coefficient (Wildman–Crippen LogP) is 2.65. The summed E-state index contributed by atoms with van der Waals surface area (Å²) in [5, 5.41) is 10.3. The number of hydrogen-bond donors (Lipinski definition) is 1. The molecule has 1 amide bonds. The summed E-state index contributed by atoms with van der Waals surface area (Å²) in [6.45, 7) is 7.48. The standard InChI is InChI=1S/C16H22N4O3S2/c1-11-6-8-12(9-7-11)10-20(5)25(22,23)15-19-18-14(24-15)17-13(21)16(2,3)4/h6-9H,10H2,1-5H3,(H,17,18,21). The van der Waals surface area contributed by atoms with Crippen molar-refractivity contribution < 1.29 is 13.2 Å². The van der Waals surface area contributed by atoms with E-state index >= 15 is 0 Å². The zero-order valence-electron chi connectivity index (χ0n) is 14.9. The number of carbonyl (C=O) groups excluding carboxylic acids is 1. The van der Waals surface area contributed by atoms with Crippen molar-refractivity contribution in [3.05, 3.63) is 35.4 Å². The predicted molar refractivity (Wildman–Crippen MR) is 97.8 cm³/mol. The van der Waals surface area contributed by atoms with Gasteiger partial charge in [0.1, 0.15) is 0 Å². The monoisotopic (exact) mass is 382 g/mol. The summed E-state index contributed by atoms with van der Waals surface area (Å²) in [5.41, 5.74) is 1.38. The number of sulfonamides is 1. The molecule has 136 valence electrons. The van der Waals surface area contributed by atoms with Crippen molar-refractivity contribution >= 4 is 32.4 Å². The van der Waals surface area contributed by atoms with Gasteiger partial charge in [0, 0.05) is 19.0 Å².